The van der Waals surface area contributed by atoms with Crippen molar-refractivity contribution in [3.05, 3.63) is 28.6 Å². The lowest BCUT2D eigenvalue weighted by molar-refractivity contribution is -0.129. The van der Waals surface area contributed by atoms with Crippen LogP contribution in [0.15, 0.2) is 27.3 Å². The van der Waals surface area contributed by atoms with Crippen LogP contribution in [0.4, 0.5) is 0 Å². The predicted molar refractivity (Wildman–Crippen MR) is 62.8 cm³/mol. The van der Waals surface area contributed by atoms with Crippen LogP contribution in [0.1, 0.15) is 5.76 Å². The lowest BCUT2D eigenvalue weighted by atomic mass is 10.3. The zero-order valence-corrected chi connectivity index (χ0v) is 10.3. The van der Waals surface area contributed by atoms with E-state index in [-0.39, 0.29) is 5.91 Å². The van der Waals surface area contributed by atoms with Crippen LogP contribution < -0.4 is 0 Å². The highest BCUT2D eigenvalue weighted by Crippen LogP contribution is 2.15. The molecule has 1 aliphatic rings. The first-order chi connectivity index (χ1) is 7.75. The number of amides is 1. The zero-order valence-electron chi connectivity index (χ0n) is 8.69. The Kier molecular flexibility index (Phi) is 3.79. The molecule has 0 atom stereocenters. The second-order valence-corrected chi connectivity index (χ2v) is 4.19. The molecule has 0 radical (unpaired) electrons. The van der Waals surface area contributed by atoms with Gasteiger partial charge in [0.2, 0.25) is 5.91 Å². The minimum absolute atomic E-state index is 0.00387. The summed E-state index contributed by atoms with van der Waals surface area (Å²) in [6.07, 6.45) is 3.19. The molecule has 0 N–H and O–H groups in total. The van der Waals surface area contributed by atoms with E-state index >= 15 is 0 Å². The van der Waals surface area contributed by atoms with Crippen molar-refractivity contribution in [3.63, 3.8) is 0 Å². The predicted octanol–water partition coefficient (Wildman–Crippen LogP) is 1.91. The maximum atomic E-state index is 11.7. The Morgan fingerprint density at radius 1 is 1.38 bits per heavy atom. The van der Waals surface area contributed by atoms with E-state index in [0.717, 1.165) is 0 Å². The minimum Gasteiger partial charge on any atom is -0.450 e. The van der Waals surface area contributed by atoms with E-state index in [1.165, 1.54) is 6.08 Å². The summed E-state index contributed by atoms with van der Waals surface area (Å²) >= 11 is 3.20. The molecule has 0 saturated carbocycles. The Hall–Kier alpha value is -1.07. The Morgan fingerprint density at radius 2 is 2.12 bits per heavy atom. The molecule has 0 spiro atoms. The third kappa shape index (κ3) is 2.96. The van der Waals surface area contributed by atoms with Gasteiger partial charge in [-0.1, -0.05) is 0 Å². The quantitative estimate of drug-likeness (QED) is 0.780. The van der Waals surface area contributed by atoms with Gasteiger partial charge in [-0.15, -0.1) is 0 Å². The van der Waals surface area contributed by atoms with Crippen LogP contribution in [0.3, 0.4) is 0 Å². The molecule has 16 heavy (non-hydrogen) atoms. The number of ether oxygens (including phenoxy) is 1. The summed E-state index contributed by atoms with van der Waals surface area (Å²) in [7, 11) is 0. The number of carbonyl (C=O) groups is 1. The SMILES string of the molecule is O=C(/C=C\c1ccc(Br)o1)N1CCOCC1. The van der Waals surface area contributed by atoms with Crippen molar-refractivity contribution >= 4 is 27.9 Å². The first-order valence-electron chi connectivity index (χ1n) is 5.06. The monoisotopic (exact) mass is 285 g/mol. The van der Waals surface area contributed by atoms with Crippen molar-refractivity contribution in [3.8, 4) is 0 Å². The average molecular weight is 286 g/mol. The molecule has 1 aliphatic heterocycles. The summed E-state index contributed by atoms with van der Waals surface area (Å²) < 4.78 is 11.1. The average Bonchev–Trinajstić information content (AvgIpc) is 2.73. The van der Waals surface area contributed by atoms with Gasteiger partial charge in [0.15, 0.2) is 4.67 Å². The van der Waals surface area contributed by atoms with Gasteiger partial charge in [0.25, 0.3) is 0 Å². The molecule has 4 nitrogen and oxygen atoms in total. The van der Waals surface area contributed by atoms with Gasteiger partial charge < -0.3 is 14.1 Å². The van der Waals surface area contributed by atoms with Gasteiger partial charge in [0, 0.05) is 19.2 Å². The van der Waals surface area contributed by atoms with Gasteiger partial charge in [-0.2, -0.15) is 0 Å². The number of hydrogen-bond acceptors (Lipinski definition) is 3. The molecule has 1 aromatic heterocycles. The van der Waals surface area contributed by atoms with E-state index in [9.17, 15) is 4.79 Å². The van der Waals surface area contributed by atoms with Gasteiger partial charge in [-0.05, 0) is 34.1 Å². The molecule has 1 saturated heterocycles. The maximum absolute atomic E-state index is 11.7. The molecule has 1 amide bonds. The first kappa shape index (κ1) is 11.4. The van der Waals surface area contributed by atoms with Crippen LogP contribution in [0.25, 0.3) is 6.08 Å². The number of nitrogens with zero attached hydrogens (tertiary/aromatic N) is 1. The number of rotatable bonds is 2. The summed E-state index contributed by atoms with van der Waals surface area (Å²) in [4.78, 5) is 13.5. The van der Waals surface area contributed by atoms with Gasteiger partial charge in [-0.25, -0.2) is 0 Å². The second-order valence-electron chi connectivity index (χ2n) is 3.41. The molecule has 0 aromatic carbocycles. The highest BCUT2D eigenvalue weighted by atomic mass is 79.9. The van der Waals surface area contributed by atoms with E-state index in [1.807, 2.05) is 0 Å². The van der Waals surface area contributed by atoms with E-state index in [0.29, 0.717) is 36.7 Å². The van der Waals surface area contributed by atoms with Crippen molar-refractivity contribution in [1.29, 1.82) is 0 Å². The normalized spacial score (nSPS) is 16.9. The summed E-state index contributed by atoms with van der Waals surface area (Å²) in [5.74, 6) is 0.657. The number of carbonyl (C=O) groups excluding carboxylic acids is 1. The molecule has 1 aromatic rings. The van der Waals surface area contributed by atoms with Crippen LogP contribution in [-0.4, -0.2) is 37.1 Å². The van der Waals surface area contributed by atoms with Crippen molar-refractivity contribution in [2.24, 2.45) is 0 Å². The topological polar surface area (TPSA) is 42.7 Å². The van der Waals surface area contributed by atoms with Crippen molar-refractivity contribution < 1.29 is 13.9 Å². The third-order valence-electron chi connectivity index (χ3n) is 2.31. The van der Waals surface area contributed by atoms with Gasteiger partial charge in [0.05, 0.1) is 13.2 Å². The maximum Gasteiger partial charge on any atom is 0.246 e. The summed E-state index contributed by atoms with van der Waals surface area (Å²) in [6.45, 7) is 2.55. The van der Waals surface area contributed by atoms with Crippen LogP contribution >= 0.6 is 15.9 Å². The zero-order chi connectivity index (χ0) is 11.4. The molecule has 2 heterocycles. The molecular formula is C11H12BrNO3. The van der Waals surface area contributed by atoms with Crippen molar-refractivity contribution in [2.75, 3.05) is 26.3 Å². The van der Waals surface area contributed by atoms with Crippen molar-refractivity contribution in [2.45, 2.75) is 0 Å². The van der Waals surface area contributed by atoms with Crippen molar-refractivity contribution in [1.82, 2.24) is 4.90 Å². The molecule has 86 valence electrons. The highest BCUT2D eigenvalue weighted by Gasteiger charge is 2.13. The fraction of sp³-hybridized carbons (Fsp3) is 0.364. The molecule has 1 fully saturated rings. The second kappa shape index (κ2) is 5.32. The standard InChI is InChI=1S/C11H12BrNO3/c12-10-3-1-9(16-10)2-4-11(14)13-5-7-15-8-6-13/h1-4H,5-8H2/b4-2-. The summed E-state index contributed by atoms with van der Waals surface area (Å²) in [6, 6.07) is 3.59. The number of morpholine rings is 1. The van der Waals surface area contributed by atoms with Crippen LogP contribution in [-0.2, 0) is 9.53 Å². The summed E-state index contributed by atoms with van der Waals surface area (Å²) in [5.41, 5.74) is 0. The van der Waals surface area contributed by atoms with Gasteiger partial charge in [0.1, 0.15) is 5.76 Å². The molecule has 5 heteroatoms. The minimum atomic E-state index is -0.00387. The van der Waals surface area contributed by atoms with E-state index in [1.54, 1.807) is 23.1 Å². The molecule has 0 unspecified atom stereocenters. The fourth-order valence-electron chi connectivity index (χ4n) is 1.46. The van der Waals surface area contributed by atoms with E-state index in [2.05, 4.69) is 15.9 Å². The molecule has 0 bridgehead atoms. The Bertz CT molecular complexity index is 394. The molecule has 0 aliphatic carbocycles. The Labute approximate surface area is 102 Å². The molecule has 2 rings (SSSR count). The van der Waals surface area contributed by atoms with E-state index in [4.69, 9.17) is 9.15 Å². The number of hydrogen-bond donors (Lipinski definition) is 0. The van der Waals surface area contributed by atoms with Gasteiger partial charge in [-0.3, -0.25) is 4.79 Å². The summed E-state index contributed by atoms with van der Waals surface area (Å²) in [5, 5.41) is 0. The van der Waals surface area contributed by atoms with Crippen LogP contribution in [0.5, 0.6) is 0 Å². The smallest absolute Gasteiger partial charge is 0.246 e. The first-order valence-corrected chi connectivity index (χ1v) is 5.85. The third-order valence-corrected chi connectivity index (χ3v) is 2.73. The van der Waals surface area contributed by atoms with E-state index < -0.39 is 0 Å². The van der Waals surface area contributed by atoms with Gasteiger partial charge >= 0.3 is 0 Å². The fourth-order valence-corrected chi connectivity index (χ4v) is 1.78. The lowest BCUT2D eigenvalue weighted by Gasteiger charge is -2.25. The highest BCUT2D eigenvalue weighted by molar-refractivity contribution is 9.10. The largest absolute Gasteiger partial charge is 0.450 e. The lowest BCUT2D eigenvalue weighted by Crippen LogP contribution is -2.39. The number of furan rings is 1. The Morgan fingerprint density at radius 3 is 2.75 bits per heavy atom. The molecular weight excluding hydrogens is 274 g/mol. The Balaban J connectivity index is 1.93. The van der Waals surface area contributed by atoms with Crippen LogP contribution in [0.2, 0.25) is 0 Å². The van der Waals surface area contributed by atoms with Crippen LogP contribution in [0, 0.1) is 0 Å². The number of halogens is 1.